The molecule has 21 heavy (non-hydrogen) atoms. The highest BCUT2D eigenvalue weighted by Crippen LogP contribution is 2.23. The first-order valence-corrected chi connectivity index (χ1v) is 8.00. The average Bonchev–Trinajstić information content (AvgIpc) is 3.17. The molecule has 5 heteroatoms. The highest BCUT2D eigenvalue weighted by molar-refractivity contribution is 7.09. The fraction of sp³-hybridized carbons (Fsp3) is 0.250. The summed E-state index contributed by atoms with van der Waals surface area (Å²) >= 11 is 1.71. The molecule has 0 amide bonds. The second kappa shape index (κ2) is 6.65. The van der Waals surface area contributed by atoms with Crippen molar-refractivity contribution in [3.8, 4) is 16.9 Å². The lowest BCUT2D eigenvalue weighted by Crippen LogP contribution is -1.98. The van der Waals surface area contributed by atoms with Gasteiger partial charge in [-0.3, -0.25) is 0 Å². The summed E-state index contributed by atoms with van der Waals surface area (Å²) in [7, 11) is 0. The van der Waals surface area contributed by atoms with Gasteiger partial charge in [0.15, 0.2) is 0 Å². The maximum Gasteiger partial charge on any atom is 0.0932 e. The third-order valence-corrected chi connectivity index (χ3v) is 4.20. The fourth-order valence-electron chi connectivity index (χ4n) is 2.16. The van der Waals surface area contributed by atoms with Crippen molar-refractivity contribution in [2.45, 2.75) is 19.3 Å². The predicted molar refractivity (Wildman–Crippen MR) is 86.7 cm³/mol. The Morgan fingerprint density at radius 1 is 1.14 bits per heavy atom. The number of unbranched alkanes of at least 4 members (excludes halogenated alkanes) is 1. The average molecular weight is 298 g/mol. The second-order valence-electron chi connectivity index (χ2n) is 4.88. The van der Waals surface area contributed by atoms with Crippen molar-refractivity contribution in [3.05, 3.63) is 53.1 Å². The topological polar surface area (TPSA) is 56.7 Å². The van der Waals surface area contributed by atoms with Gasteiger partial charge < -0.3 is 5.73 Å². The summed E-state index contributed by atoms with van der Waals surface area (Å²) in [4.78, 5) is 4.68. The van der Waals surface area contributed by atoms with Gasteiger partial charge in [-0.05, 0) is 37.9 Å². The van der Waals surface area contributed by atoms with Crippen LogP contribution in [-0.2, 0) is 6.42 Å². The van der Waals surface area contributed by atoms with Gasteiger partial charge in [-0.15, -0.1) is 11.3 Å². The number of benzene rings is 1. The molecule has 0 saturated heterocycles. The zero-order chi connectivity index (χ0) is 14.5. The van der Waals surface area contributed by atoms with E-state index in [4.69, 9.17) is 5.73 Å². The van der Waals surface area contributed by atoms with Crippen LogP contribution in [0, 0.1) is 0 Å². The molecule has 108 valence electrons. The van der Waals surface area contributed by atoms with Crippen LogP contribution in [0.25, 0.3) is 16.9 Å². The van der Waals surface area contributed by atoms with Crippen molar-refractivity contribution in [2.75, 3.05) is 6.54 Å². The predicted octanol–water partition coefficient (Wildman–Crippen LogP) is 3.28. The van der Waals surface area contributed by atoms with Gasteiger partial charge in [0.1, 0.15) is 0 Å². The zero-order valence-electron chi connectivity index (χ0n) is 11.8. The number of aromatic nitrogens is 3. The lowest BCUT2D eigenvalue weighted by atomic mass is 10.2. The van der Waals surface area contributed by atoms with Gasteiger partial charge in [-0.1, -0.05) is 18.2 Å². The molecular weight excluding hydrogens is 280 g/mol. The molecule has 3 rings (SSSR count). The molecule has 0 radical (unpaired) electrons. The fourth-order valence-corrected chi connectivity index (χ4v) is 3.01. The number of para-hydroxylation sites is 1. The van der Waals surface area contributed by atoms with Crippen molar-refractivity contribution >= 4 is 11.3 Å². The molecule has 0 saturated carbocycles. The third kappa shape index (κ3) is 3.37. The van der Waals surface area contributed by atoms with Crippen LogP contribution in [0.2, 0.25) is 0 Å². The molecule has 0 aliphatic heterocycles. The van der Waals surface area contributed by atoms with Crippen LogP contribution in [-0.4, -0.2) is 21.3 Å². The minimum Gasteiger partial charge on any atom is -0.330 e. The second-order valence-corrected chi connectivity index (χ2v) is 5.82. The van der Waals surface area contributed by atoms with Gasteiger partial charge in [-0.25, -0.2) is 9.67 Å². The number of nitrogens with two attached hydrogens (primary N) is 1. The van der Waals surface area contributed by atoms with E-state index in [0.29, 0.717) is 0 Å². The minimum absolute atomic E-state index is 0.752. The molecule has 2 N–H and O–H groups in total. The summed E-state index contributed by atoms with van der Waals surface area (Å²) in [6.45, 7) is 0.752. The van der Waals surface area contributed by atoms with Crippen molar-refractivity contribution < 1.29 is 0 Å². The van der Waals surface area contributed by atoms with E-state index in [1.807, 2.05) is 47.4 Å². The molecule has 1 aromatic carbocycles. The van der Waals surface area contributed by atoms with E-state index in [1.54, 1.807) is 11.3 Å². The summed E-state index contributed by atoms with van der Waals surface area (Å²) < 4.78 is 1.88. The van der Waals surface area contributed by atoms with Gasteiger partial charge >= 0.3 is 0 Å². The van der Waals surface area contributed by atoms with E-state index in [9.17, 15) is 0 Å². The van der Waals surface area contributed by atoms with Crippen molar-refractivity contribution in [1.29, 1.82) is 0 Å². The Kier molecular flexibility index (Phi) is 4.43. The normalized spacial score (nSPS) is 10.9. The standard InChI is InChI=1S/C16H18N4S/c17-9-5-4-8-16-19-15(12-21-16)13-10-18-20(11-13)14-6-2-1-3-7-14/h1-3,6-7,10-12H,4-5,8-9,17H2. The van der Waals surface area contributed by atoms with Gasteiger partial charge in [0, 0.05) is 17.1 Å². The van der Waals surface area contributed by atoms with Crippen molar-refractivity contribution in [2.24, 2.45) is 5.73 Å². The first kappa shape index (κ1) is 14.0. The Labute approximate surface area is 128 Å². The van der Waals surface area contributed by atoms with Crippen LogP contribution in [0.4, 0.5) is 0 Å². The highest BCUT2D eigenvalue weighted by atomic mass is 32.1. The van der Waals surface area contributed by atoms with Gasteiger partial charge in [0.25, 0.3) is 0 Å². The van der Waals surface area contributed by atoms with Crippen LogP contribution >= 0.6 is 11.3 Å². The maximum absolute atomic E-state index is 5.52. The van der Waals surface area contributed by atoms with Crippen LogP contribution in [0.5, 0.6) is 0 Å². The molecular formula is C16H18N4S. The maximum atomic E-state index is 5.52. The lowest BCUT2D eigenvalue weighted by molar-refractivity contribution is 0.742. The molecule has 3 aromatic rings. The quantitative estimate of drug-likeness (QED) is 0.711. The number of thiazole rings is 1. The summed E-state index contributed by atoms with van der Waals surface area (Å²) in [6.07, 6.45) is 7.06. The molecule has 2 heterocycles. The van der Waals surface area contributed by atoms with E-state index in [-0.39, 0.29) is 0 Å². The SMILES string of the molecule is NCCCCc1nc(-c2cnn(-c3ccccc3)c2)cs1. The highest BCUT2D eigenvalue weighted by Gasteiger charge is 2.07. The summed E-state index contributed by atoms with van der Waals surface area (Å²) in [5, 5.41) is 7.69. The van der Waals surface area contributed by atoms with E-state index in [2.05, 4.69) is 15.5 Å². The number of hydrogen-bond donors (Lipinski definition) is 1. The molecule has 0 fully saturated rings. The Hall–Kier alpha value is -1.98. The van der Waals surface area contributed by atoms with E-state index in [0.717, 1.165) is 42.8 Å². The number of nitrogens with zero attached hydrogens (tertiary/aromatic N) is 3. The van der Waals surface area contributed by atoms with Crippen molar-refractivity contribution in [1.82, 2.24) is 14.8 Å². The lowest BCUT2D eigenvalue weighted by Gasteiger charge is -1.98. The Morgan fingerprint density at radius 2 is 2.00 bits per heavy atom. The molecule has 0 unspecified atom stereocenters. The number of aryl methyl sites for hydroxylation is 1. The summed E-state index contributed by atoms with van der Waals surface area (Å²) in [5.74, 6) is 0. The van der Waals surface area contributed by atoms with Gasteiger partial charge in [0.05, 0.1) is 22.6 Å². The minimum atomic E-state index is 0.752. The number of rotatable bonds is 6. The Morgan fingerprint density at radius 3 is 2.81 bits per heavy atom. The molecule has 0 aliphatic rings. The smallest absolute Gasteiger partial charge is 0.0932 e. The Balaban J connectivity index is 1.74. The molecule has 0 bridgehead atoms. The first-order chi connectivity index (χ1) is 10.4. The van der Waals surface area contributed by atoms with Crippen molar-refractivity contribution in [3.63, 3.8) is 0 Å². The van der Waals surface area contributed by atoms with Gasteiger partial charge in [0.2, 0.25) is 0 Å². The molecule has 4 nitrogen and oxygen atoms in total. The molecule has 0 aliphatic carbocycles. The summed E-state index contributed by atoms with van der Waals surface area (Å²) in [5.41, 5.74) is 8.64. The Bertz CT molecular complexity index is 687. The summed E-state index contributed by atoms with van der Waals surface area (Å²) in [6, 6.07) is 10.1. The molecule has 0 atom stereocenters. The van der Waals surface area contributed by atoms with Crippen LogP contribution in [0.3, 0.4) is 0 Å². The van der Waals surface area contributed by atoms with E-state index >= 15 is 0 Å². The largest absolute Gasteiger partial charge is 0.330 e. The molecule has 2 aromatic heterocycles. The zero-order valence-corrected chi connectivity index (χ0v) is 12.6. The first-order valence-electron chi connectivity index (χ1n) is 7.12. The molecule has 0 spiro atoms. The van der Waals surface area contributed by atoms with Gasteiger partial charge in [-0.2, -0.15) is 5.10 Å². The van der Waals surface area contributed by atoms with E-state index < -0.39 is 0 Å². The van der Waals surface area contributed by atoms with Crippen LogP contribution in [0.1, 0.15) is 17.8 Å². The van der Waals surface area contributed by atoms with Crippen LogP contribution in [0.15, 0.2) is 48.1 Å². The monoisotopic (exact) mass is 298 g/mol. The third-order valence-electron chi connectivity index (χ3n) is 3.30. The van der Waals surface area contributed by atoms with Crippen LogP contribution < -0.4 is 5.73 Å². The van der Waals surface area contributed by atoms with E-state index in [1.165, 1.54) is 5.01 Å². The number of hydrogen-bond acceptors (Lipinski definition) is 4.